The van der Waals surface area contributed by atoms with Crippen LogP contribution >= 0.6 is 11.3 Å². The van der Waals surface area contributed by atoms with Crippen molar-refractivity contribution in [3.8, 4) is 10.4 Å². The van der Waals surface area contributed by atoms with E-state index in [9.17, 15) is 0 Å². The summed E-state index contributed by atoms with van der Waals surface area (Å²) in [5.41, 5.74) is 1.16. The van der Waals surface area contributed by atoms with E-state index in [4.69, 9.17) is 0 Å². The minimum Gasteiger partial charge on any atom is -0.365 e. The van der Waals surface area contributed by atoms with Crippen molar-refractivity contribution in [1.82, 2.24) is 9.97 Å². The van der Waals surface area contributed by atoms with Crippen molar-refractivity contribution in [3.63, 3.8) is 0 Å². The number of hydrogen-bond donors (Lipinski definition) is 1. The third-order valence-corrected chi connectivity index (χ3v) is 2.75. The van der Waals surface area contributed by atoms with Gasteiger partial charge in [0.2, 0.25) is 0 Å². The van der Waals surface area contributed by atoms with E-state index in [0.29, 0.717) is 0 Å². The van der Waals surface area contributed by atoms with Gasteiger partial charge < -0.3 is 5.32 Å². The Morgan fingerprint density at radius 2 is 2.08 bits per heavy atom. The molecule has 3 nitrogen and oxygen atoms in total. The van der Waals surface area contributed by atoms with Crippen LogP contribution in [0.1, 0.15) is 0 Å². The molecular formula is C9H9N3S. The van der Waals surface area contributed by atoms with Crippen LogP contribution < -0.4 is 5.32 Å². The first-order valence-corrected chi connectivity index (χ1v) is 4.76. The molecule has 13 heavy (non-hydrogen) atoms. The Balaban J connectivity index is 2.36. The van der Waals surface area contributed by atoms with Crippen LogP contribution in [0.3, 0.4) is 0 Å². The topological polar surface area (TPSA) is 37.8 Å². The Bertz CT molecular complexity index is 383. The van der Waals surface area contributed by atoms with Gasteiger partial charge in [-0.3, -0.25) is 4.98 Å². The standard InChI is InChI=1S/C9H9N3S/c1-10-9-12-6-8(13-9)7-2-4-11-5-3-7/h2-6H,1H3,(H,10,12). The van der Waals surface area contributed by atoms with Crippen molar-refractivity contribution in [2.24, 2.45) is 0 Å². The molecule has 2 rings (SSSR count). The minimum absolute atomic E-state index is 0.937. The Morgan fingerprint density at radius 3 is 2.69 bits per heavy atom. The smallest absolute Gasteiger partial charge is 0.182 e. The summed E-state index contributed by atoms with van der Waals surface area (Å²) in [6.07, 6.45) is 5.44. The van der Waals surface area contributed by atoms with Crippen LogP contribution in [0.25, 0.3) is 10.4 Å². The van der Waals surface area contributed by atoms with Gasteiger partial charge in [0, 0.05) is 25.6 Å². The van der Waals surface area contributed by atoms with Crippen molar-refractivity contribution < 1.29 is 0 Å². The number of thiazole rings is 1. The summed E-state index contributed by atoms with van der Waals surface area (Å²) in [5, 5.41) is 3.95. The second kappa shape index (κ2) is 3.53. The second-order valence-corrected chi connectivity index (χ2v) is 3.55. The predicted molar refractivity (Wildman–Crippen MR) is 54.9 cm³/mol. The van der Waals surface area contributed by atoms with Crippen LogP contribution in [-0.4, -0.2) is 17.0 Å². The molecule has 0 aromatic carbocycles. The fourth-order valence-corrected chi connectivity index (χ4v) is 1.81. The summed E-state index contributed by atoms with van der Waals surface area (Å²) in [7, 11) is 1.87. The van der Waals surface area contributed by atoms with Crippen LogP contribution in [0, 0.1) is 0 Å². The third kappa shape index (κ3) is 1.67. The molecule has 0 spiro atoms. The van der Waals surface area contributed by atoms with Crippen LogP contribution in [0.2, 0.25) is 0 Å². The van der Waals surface area contributed by atoms with Crippen LogP contribution in [0.5, 0.6) is 0 Å². The van der Waals surface area contributed by atoms with E-state index in [1.807, 2.05) is 25.4 Å². The van der Waals surface area contributed by atoms with Crippen LogP contribution in [0.15, 0.2) is 30.7 Å². The molecule has 4 heteroatoms. The number of nitrogens with one attached hydrogen (secondary N) is 1. The maximum atomic E-state index is 4.20. The average Bonchev–Trinajstić information content (AvgIpc) is 2.67. The van der Waals surface area contributed by atoms with Gasteiger partial charge in [0.05, 0.1) is 4.88 Å². The van der Waals surface area contributed by atoms with Gasteiger partial charge in [-0.15, -0.1) is 0 Å². The maximum Gasteiger partial charge on any atom is 0.182 e. The van der Waals surface area contributed by atoms with Gasteiger partial charge in [-0.25, -0.2) is 4.98 Å². The van der Waals surface area contributed by atoms with Gasteiger partial charge in [0.1, 0.15) is 0 Å². The zero-order chi connectivity index (χ0) is 9.10. The normalized spacial score (nSPS) is 9.92. The quantitative estimate of drug-likeness (QED) is 0.791. The minimum atomic E-state index is 0.937. The lowest BCUT2D eigenvalue weighted by molar-refractivity contribution is 1.33. The Labute approximate surface area is 80.5 Å². The van der Waals surface area contributed by atoms with Crippen LogP contribution in [-0.2, 0) is 0 Å². The molecule has 0 aliphatic carbocycles. The first-order valence-electron chi connectivity index (χ1n) is 3.94. The van der Waals surface area contributed by atoms with E-state index < -0.39 is 0 Å². The number of rotatable bonds is 2. The third-order valence-electron chi connectivity index (χ3n) is 1.68. The number of anilines is 1. The lowest BCUT2D eigenvalue weighted by atomic mass is 10.2. The first kappa shape index (κ1) is 8.19. The van der Waals surface area contributed by atoms with E-state index in [0.717, 1.165) is 15.6 Å². The maximum absolute atomic E-state index is 4.20. The molecule has 0 atom stereocenters. The van der Waals surface area contributed by atoms with Gasteiger partial charge in [-0.2, -0.15) is 0 Å². The number of pyridine rings is 1. The molecular weight excluding hydrogens is 182 g/mol. The van der Waals surface area contributed by atoms with Crippen molar-refractivity contribution in [2.45, 2.75) is 0 Å². The zero-order valence-corrected chi connectivity index (χ0v) is 8.01. The summed E-state index contributed by atoms with van der Waals surface area (Å²) < 4.78 is 0. The number of aromatic nitrogens is 2. The SMILES string of the molecule is CNc1ncc(-c2ccncc2)s1. The lowest BCUT2D eigenvalue weighted by Crippen LogP contribution is -1.83. The molecule has 2 aromatic heterocycles. The molecule has 0 saturated heterocycles. The fourth-order valence-electron chi connectivity index (χ4n) is 1.04. The molecule has 0 radical (unpaired) electrons. The highest BCUT2D eigenvalue weighted by molar-refractivity contribution is 7.18. The summed E-state index contributed by atoms with van der Waals surface area (Å²) in [4.78, 5) is 9.32. The molecule has 0 aliphatic heterocycles. The molecule has 0 unspecified atom stereocenters. The van der Waals surface area contributed by atoms with Gasteiger partial charge in [0.15, 0.2) is 5.13 Å². The van der Waals surface area contributed by atoms with Gasteiger partial charge >= 0.3 is 0 Å². The monoisotopic (exact) mass is 191 g/mol. The zero-order valence-electron chi connectivity index (χ0n) is 7.19. The molecule has 0 aliphatic rings. The molecule has 2 aromatic rings. The van der Waals surface area contributed by atoms with Gasteiger partial charge in [0.25, 0.3) is 0 Å². The molecule has 0 fully saturated rings. The molecule has 0 amide bonds. The van der Waals surface area contributed by atoms with E-state index in [2.05, 4.69) is 15.3 Å². The summed E-state index contributed by atoms with van der Waals surface area (Å²) >= 11 is 1.64. The average molecular weight is 191 g/mol. The summed E-state index contributed by atoms with van der Waals surface area (Å²) in [6.45, 7) is 0. The molecule has 1 N–H and O–H groups in total. The fraction of sp³-hybridized carbons (Fsp3) is 0.111. The highest BCUT2D eigenvalue weighted by Gasteiger charge is 2.01. The number of nitrogens with zero attached hydrogens (tertiary/aromatic N) is 2. The van der Waals surface area contributed by atoms with Gasteiger partial charge in [-0.1, -0.05) is 11.3 Å². The van der Waals surface area contributed by atoms with E-state index in [1.54, 1.807) is 23.7 Å². The molecule has 0 bridgehead atoms. The summed E-state index contributed by atoms with van der Waals surface area (Å²) in [6, 6.07) is 3.96. The number of hydrogen-bond acceptors (Lipinski definition) is 4. The first-order chi connectivity index (χ1) is 6.40. The molecule has 66 valence electrons. The van der Waals surface area contributed by atoms with E-state index in [1.165, 1.54) is 0 Å². The molecule has 2 heterocycles. The van der Waals surface area contributed by atoms with Crippen molar-refractivity contribution in [2.75, 3.05) is 12.4 Å². The molecule has 0 saturated carbocycles. The predicted octanol–water partition coefficient (Wildman–Crippen LogP) is 2.25. The Kier molecular flexibility index (Phi) is 2.23. The largest absolute Gasteiger partial charge is 0.365 e. The highest BCUT2D eigenvalue weighted by Crippen LogP contribution is 2.27. The van der Waals surface area contributed by atoms with E-state index in [-0.39, 0.29) is 0 Å². The highest BCUT2D eigenvalue weighted by atomic mass is 32.1. The van der Waals surface area contributed by atoms with Crippen molar-refractivity contribution in [3.05, 3.63) is 30.7 Å². The van der Waals surface area contributed by atoms with E-state index >= 15 is 0 Å². The van der Waals surface area contributed by atoms with Crippen molar-refractivity contribution >= 4 is 16.5 Å². The Morgan fingerprint density at radius 1 is 1.31 bits per heavy atom. The Hall–Kier alpha value is -1.42. The lowest BCUT2D eigenvalue weighted by Gasteiger charge is -1.92. The summed E-state index contributed by atoms with van der Waals surface area (Å²) in [5.74, 6) is 0. The van der Waals surface area contributed by atoms with Crippen LogP contribution in [0.4, 0.5) is 5.13 Å². The van der Waals surface area contributed by atoms with Gasteiger partial charge in [-0.05, 0) is 17.7 Å². The second-order valence-electron chi connectivity index (χ2n) is 2.52. The van der Waals surface area contributed by atoms with Crippen molar-refractivity contribution in [1.29, 1.82) is 0 Å².